The highest BCUT2D eigenvalue weighted by atomic mass is 35.5. The number of nitrogens with zero attached hydrogens (tertiary/aromatic N) is 3. The predicted octanol–water partition coefficient (Wildman–Crippen LogP) is 6.10. The second-order valence-electron chi connectivity index (χ2n) is 7.32. The molecule has 3 aromatic heterocycles. The van der Waals surface area contributed by atoms with Crippen molar-refractivity contribution in [3.8, 4) is 17.0 Å². The Kier molecular flexibility index (Phi) is 5.47. The Morgan fingerprint density at radius 3 is 2.59 bits per heavy atom. The molecule has 0 aliphatic carbocycles. The molecule has 5 rings (SSSR count). The summed E-state index contributed by atoms with van der Waals surface area (Å²) in [5, 5.41) is 1.55. The van der Waals surface area contributed by atoms with Crippen LogP contribution in [-0.4, -0.2) is 26.8 Å². The molecule has 2 aromatic carbocycles. The molecule has 0 radical (unpaired) electrons. The minimum absolute atomic E-state index is 0.0593. The normalized spacial score (nSPS) is 11.1. The number of rotatable bonds is 6. The van der Waals surface area contributed by atoms with E-state index in [0.717, 1.165) is 27.7 Å². The highest BCUT2D eigenvalue weighted by Crippen LogP contribution is 2.31. The Balaban J connectivity index is 1.56. The van der Waals surface area contributed by atoms with Crippen LogP contribution in [0.5, 0.6) is 5.75 Å². The number of halogens is 1. The van der Waals surface area contributed by atoms with E-state index in [-0.39, 0.29) is 5.78 Å². The fourth-order valence-corrected chi connectivity index (χ4v) is 4.51. The van der Waals surface area contributed by atoms with Gasteiger partial charge in [0.05, 0.1) is 17.7 Å². The summed E-state index contributed by atoms with van der Waals surface area (Å²) >= 11 is 7.23. The van der Waals surface area contributed by atoms with Crippen LogP contribution in [0.25, 0.3) is 22.2 Å². The van der Waals surface area contributed by atoms with E-state index in [9.17, 15) is 4.79 Å². The van der Waals surface area contributed by atoms with Gasteiger partial charge in [-0.15, -0.1) is 0 Å². The predicted molar refractivity (Wildman–Crippen MR) is 128 cm³/mol. The average Bonchev–Trinajstić information content (AvgIpc) is 3.46. The second-order valence-corrected chi connectivity index (χ2v) is 8.56. The third-order valence-electron chi connectivity index (χ3n) is 5.31. The maximum Gasteiger partial charge on any atom is 0.206 e. The summed E-state index contributed by atoms with van der Waals surface area (Å²) in [4.78, 5) is 18.1. The number of carbonyl (C=O) groups is 1. The molecule has 0 N–H and O–H groups in total. The summed E-state index contributed by atoms with van der Waals surface area (Å²) in [5.74, 6) is 0.647. The van der Waals surface area contributed by atoms with Gasteiger partial charge in [0, 0.05) is 52.2 Å². The van der Waals surface area contributed by atoms with Crippen LogP contribution in [0.4, 0.5) is 0 Å². The molecule has 0 atom stereocenters. The molecule has 7 heteroatoms. The molecule has 32 heavy (non-hydrogen) atoms. The zero-order chi connectivity index (χ0) is 22.1. The van der Waals surface area contributed by atoms with E-state index in [1.165, 1.54) is 11.5 Å². The monoisotopic (exact) mass is 459 g/mol. The van der Waals surface area contributed by atoms with Crippen LogP contribution in [-0.2, 0) is 6.54 Å². The van der Waals surface area contributed by atoms with Gasteiger partial charge in [0.25, 0.3) is 0 Å². The van der Waals surface area contributed by atoms with Crippen LogP contribution in [0, 0.1) is 0 Å². The number of ether oxygens (including phenoxy) is 1. The highest BCUT2D eigenvalue weighted by molar-refractivity contribution is 7.08. The van der Waals surface area contributed by atoms with Gasteiger partial charge in [-0.3, -0.25) is 9.78 Å². The van der Waals surface area contributed by atoms with Crippen LogP contribution >= 0.6 is 23.1 Å². The number of fused-ring (bicyclic) bond motifs is 1. The molecule has 0 saturated carbocycles. The zero-order valence-electron chi connectivity index (χ0n) is 17.2. The van der Waals surface area contributed by atoms with Crippen molar-refractivity contribution in [2.45, 2.75) is 6.54 Å². The van der Waals surface area contributed by atoms with Crippen molar-refractivity contribution in [2.24, 2.45) is 0 Å². The minimum Gasteiger partial charge on any atom is -0.497 e. The van der Waals surface area contributed by atoms with Crippen molar-refractivity contribution in [1.82, 2.24) is 13.9 Å². The molecule has 5 aromatic rings. The quantitative estimate of drug-likeness (QED) is 0.288. The van der Waals surface area contributed by atoms with Crippen LogP contribution in [0.15, 0.2) is 79.3 Å². The van der Waals surface area contributed by atoms with Crippen molar-refractivity contribution in [3.63, 3.8) is 0 Å². The van der Waals surface area contributed by atoms with Crippen LogP contribution in [0.3, 0.4) is 0 Å². The van der Waals surface area contributed by atoms with Crippen LogP contribution < -0.4 is 4.74 Å². The molecule has 0 bridgehead atoms. The van der Waals surface area contributed by atoms with Crippen LogP contribution in [0.1, 0.15) is 20.8 Å². The van der Waals surface area contributed by atoms with Gasteiger partial charge in [-0.25, -0.2) is 0 Å². The maximum absolute atomic E-state index is 13.5. The standard InChI is InChI=1S/C25H18ClN3O2S/c1-31-19-6-7-23-20(12-19)21(15-29(23)14-16-2-4-18(26)5-3-16)25(30)24-13-22(28-32-24)17-8-10-27-11-9-17/h2-13,15H,14H2,1H3. The van der Waals surface area contributed by atoms with E-state index < -0.39 is 0 Å². The van der Waals surface area contributed by atoms with Crippen molar-refractivity contribution in [3.05, 3.63) is 100 Å². The number of aromatic nitrogens is 3. The number of ketones is 1. The lowest BCUT2D eigenvalue weighted by Crippen LogP contribution is -1.99. The summed E-state index contributed by atoms with van der Waals surface area (Å²) in [6, 6.07) is 19.1. The number of hydrogen-bond donors (Lipinski definition) is 0. The molecule has 0 amide bonds. The lowest BCUT2D eigenvalue weighted by molar-refractivity contribution is 0.104. The molecule has 0 saturated heterocycles. The van der Waals surface area contributed by atoms with E-state index in [4.69, 9.17) is 16.3 Å². The number of pyridine rings is 1. The summed E-state index contributed by atoms with van der Waals surface area (Å²) in [7, 11) is 1.62. The van der Waals surface area contributed by atoms with E-state index in [2.05, 4.69) is 13.9 Å². The van der Waals surface area contributed by atoms with Crippen molar-refractivity contribution < 1.29 is 9.53 Å². The van der Waals surface area contributed by atoms with Gasteiger partial charge in [-0.05, 0) is 65.6 Å². The number of benzene rings is 2. The Morgan fingerprint density at radius 1 is 1.06 bits per heavy atom. The van der Waals surface area contributed by atoms with Crippen molar-refractivity contribution in [1.29, 1.82) is 0 Å². The average molecular weight is 460 g/mol. The van der Waals surface area contributed by atoms with Crippen molar-refractivity contribution >= 4 is 39.8 Å². The first-order valence-corrected chi connectivity index (χ1v) is 11.1. The van der Waals surface area contributed by atoms with Crippen molar-refractivity contribution in [2.75, 3.05) is 7.11 Å². The SMILES string of the molecule is COc1ccc2c(c1)c(C(=O)c1cc(-c3ccncc3)ns1)cn2Cc1ccc(Cl)cc1. The van der Waals surface area contributed by atoms with Gasteiger partial charge in [0.2, 0.25) is 5.78 Å². The first-order valence-electron chi connectivity index (χ1n) is 9.95. The van der Waals surface area contributed by atoms with E-state index in [1.54, 1.807) is 19.5 Å². The van der Waals surface area contributed by atoms with Gasteiger partial charge in [0.15, 0.2) is 0 Å². The van der Waals surface area contributed by atoms with Crippen LogP contribution in [0.2, 0.25) is 5.02 Å². The second kappa shape index (κ2) is 8.57. The number of hydrogen-bond acceptors (Lipinski definition) is 5. The third-order valence-corrected chi connectivity index (χ3v) is 6.35. The van der Waals surface area contributed by atoms with E-state index in [1.807, 2.05) is 66.9 Å². The lowest BCUT2D eigenvalue weighted by Gasteiger charge is -2.06. The Bertz CT molecular complexity index is 1410. The maximum atomic E-state index is 13.5. The summed E-state index contributed by atoms with van der Waals surface area (Å²) in [5.41, 5.74) is 4.38. The Hall–Kier alpha value is -3.48. The molecule has 0 spiro atoms. The molecule has 0 unspecified atom stereocenters. The number of methoxy groups -OCH3 is 1. The summed E-state index contributed by atoms with van der Waals surface area (Å²) in [6.07, 6.45) is 5.34. The molecule has 0 aliphatic heterocycles. The fourth-order valence-electron chi connectivity index (χ4n) is 3.68. The molecule has 5 nitrogen and oxygen atoms in total. The molecular formula is C25H18ClN3O2S. The van der Waals surface area contributed by atoms with Gasteiger partial charge < -0.3 is 9.30 Å². The highest BCUT2D eigenvalue weighted by Gasteiger charge is 2.20. The minimum atomic E-state index is -0.0593. The van der Waals surface area contributed by atoms with Gasteiger partial charge in [-0.1, -0.05) is 23.7 Å². The zero-order valence-corrected chi connectivity index (χ0v) is 18.7. The molecule has 3 heterocycles. The fraction of sp³-hybridized carbons (Fsp3) is 0.0800. The Labute approximate surface area is 194 Å². The topological polar surface area (TPSA) is 57.0 Å². The largest absolute Gasteiger partial charge is 0.497 e. The van der Waals surface area contributed by atoms with E-state index >= 15 is 0 Å². The summed E-state index contributed by atoms with van der Waals surface area (Å²) < 4.78 is 12.0. The van der Waals surface area contributed by atoms with Gasteiger partial charge in [-0.2, -0.15) is 4.37 Å². The molecule has 0 aliphatic rings. The molecule has 0 fully saturated rings. The summed E-state index contributed by atoms with van der Waals surface area (Å²) in [6.45, 7) is 0.623. The van der Waals surface area contributed by atoms with Gasteiger partial charge in [0.1, 0.15) is 5.75 Å². The first-order chi connectivity index (χ1) is 15.6. The smallest absolute Gasteiger partial charge is 0.206 e. The Morgan fingerprint density at radius 2 is 1.84 bits per heavy atom. The molecule has 158 valence electrons. The first kappa shape index (κ1) is 20.4. The number of carbonyl (C=O) groups excluding carboxylic acids is 1. The van der Waals surface area contributed by atoms with E-state index in [0.29, 0.717) is 27.8 Å². The van der Waals surface area contributed by atoms with Gasteiger partial charge >= 0.3 is 0 Å². The molecular weight excluding hydrogens is 442 g/mol. The lowest BCUT2D eigenvalue weighted by atomic mass is 10.1. The third kappa shape index (κ3) is 3.90.